The lowest BCUT2D eigenvalue weighted by molar-refractivity contribution is 0.0342. The number of carbonyl (C=O) groups excluding carboxylic acids is 1. The van der Waals surface area contributed by atoms with Crippen LogP contribution in [0.3, 0.4) is 0 Å². The molecule has 0 bridgehead atoms. The van der Waals surface area contributed by atoms with Gasteiger partial charge in [0, 0.05) is 31.4 Å². The normalized spacial score (nSPS) is 17.7. The summed E-state index contributed by atoms with van der Waals surface area (Å²) in [6, 6.07) is 5.38. The lowest BCUT2D eigenvalue weighted by Crippen LogP contribution is -2.46. The SMILES string of the molecule is CC(CN1CCOCC1)NC(=O)c1cccc(N)c1Br. The summed E-state index contributed by atoms with van der Waals surface area (Å²) in [5.41, 5.74) is 6.93. The van der Waals surface area contributed by atoms with Gasteiger partial charge in [0.15, 0.2) is 0 Å². The number of amides is 1. The number of hydrogen-bond donors (Lipinski definition) is 2. The number of halogens is 1. The van der Waals surface area contributed by atoms with Gasteiger partial charge in [0.05, 0.1) is 23.2 Å². The highest BCUT2D eigenvalue weighted by Crippen LogP contribution is 2.23. The molecule has 1 unspecified atom stereocenters. The van der Waals surface area contributed by atoms with Crippen LogP contribution < -0.4 is 11.1 Å². The molecule has 1 aliphatic heterocycles. The number of morpholine rings is 1. The van der Waals surface area contributed by atoms with Crippen LogP contribution in [0.25, 0.3) is 0 Å². The van der Waals surface area contributed by atoms with Crippen molar-refractivity contribution in [2.45, 2.75) is 13.0 Å². The summed E-state index contributed by atoms with van der Waals surface area (Å²) in [6.07, 6.45) is 0. The first-order valence-corrected chi connectivity index (χ1v) is 7.52. The fraction of sp³-hybridized carbons (Fsp3) is 0.500. The molecule has 0 spiro atoms. The van der Waals surface area contributed by atoms with Crippen LogP contribution in [0.4, 0.5) is 5.69 Å². The van der Waals surface area contributed by atoms with Crippen LogP contribution in [0.15, 0.2) is 22.7 Å². The number of anilines is 1. The molecule has 0 radical (unpaired) electrons. The van der Waals surface area contributed by atoms with Gasteiger partial charge in [0.1, 0.15) is 0 Å². The van der Waals surface area contributed by atoms with Crippen LogP contribution >= 0.6 is 15.9 Å². The molecule has 1 fully saturated rings. The molecule has 110 valence electrons. The van der Waals surface area contributed by atoms with Crippen molar-refractivity contribution in [1.29, 1.82) is 0 Å². The Kier molecular flexibility index (Phi) is 5.39. The molecular formula is C14H20BrN3O2. The highest BCUT2D eigenvalue weighted by atomic mass is 79.9. The molecular weight excluding hydrogens is 322 g/mol. The second kappa shape index (κ2) is 7.06. The lowest BCUT2D eigenvalue weighted by atomic mass is 10.1. The third kappa shape index (κ3) is 3.94. The van der Waals surface area contributed by atoms with Crippen molar-refractivity contribution in [2.75, 3.05) is 38.6 Å². The summed E-state index contributed by atoms with van der Waals surface area (Å²) in [4.78, 5) is 14.5. The molecule has 1 saturated heterocycles. The zero-order valence-corrected chi connectivity index (χ0v) is 13.1. The first-order chi connectivity index (χ1) is 9.58. The van der Waals surface area contributed by atoms with Crippen molar-refractivity contribution >= 4 is 27.5 Å². The van der Waals surface area contributed by atoms with Gasteiger partial charge in [-0.1, -0.05) is 6.07 Å². The fourth-order valence-corrected chi connectivity index (χ4v) is 2.69. The number of nitrogens with two attached hydrogens (primary N) is 1. The van der Waals surface area contributed by atoms with Crippen molar-refractivity contribution in [2.24, 2.45) is 0 Å². The van der Waals surface area contributed by atoms with Crippen molar-refractivity contribution in [3.8, 4) is 0 Å². The van der Waals surface area contributed by atoms with Crippen molar-refractivity contribution in [1.82, 2.24) is 10.2 Å². The standard InChI is InChI=1S/C14H20BrN3O2/c1-10(9-18-5-7-20-8-6-18)17-14(19)11-3-2-4-12(16)13(11)15/h2-4,10H,5-9,16H2,1H3,(H,17,19). The predicted octanol–water partition coefficient (Wildman–Crippen LogP) is 1.48. The van der Waals surface area contributed by atoms with E-state index in [1.54, 1.807) is 18.2 Å². The smallest absolute Gasteiger partial charge is 0.252 e. The first kappa shape index (κ1) is 15.3. The van der Waals surface area contributed by atoms with E-state index in [9.17, 15) is 4.79 Å². The molecule has 3 N–H and O–H groups in total. The van der Waals surface area contributed by atoms with Gasteiger partial charge < -0.3 is 15.8 Å². The summed E-state index contributed by atoms with van der Waals surface area (Å²) in [5.74, 6) is -0.107. The summed E-state index contributed by atoms with van der Waals surface area (Å²) in [5, 5.41) is 3.00. The highest BCUT2D eigenvalue weighted by Gasteiger charge is 2.17. The Hall–Kier alpha value is -1.11. The molecule has 1 aromatic carbocycles. The molecule has 1 aliphatic rings. The maximum atomic E-state index is 12.2. The zero-order chi connectivity index (χ0) is 14.5. The quantitative estimate of drug-likeness (QED) is 0.814. The predicted molar refractivity (Wildman–Crippen MR) is 82.7 cm³/mol. The van der Waals surface area contributed by atoms with Crippen molar-refractivity contribution in [3.63, 3.8) is 0 Å². The molecule has 1 aromatic rings. The molecule has 0 aromatic heterocycles. The van der Waals surface area contributed by atoms with Crippen LogP contribution in [0, 0.1) is 0 Å². The Bertz CT molecular complexity index is 475. The van der Waals surface area contributed by atoms with Gasteiger partial charge in [-0.05, 0) is 35.0 Å². The Morgan fingerprint density at radius 3 is 2.90 bits per heavy atom. The molecule has 1 heterocycles. The molecule has 1 atom stereocenters. The van der Waals surface area contributed by atoms with Gasteiger partial charge >= 0.3 is 0 Å². The van der Waals surface area contributed by atoms with Crippen LogP contribution in [0.2, 0.25) is 0 Å². The number of ether oxygens (including phenoxy) is 1. The number of hydrogen-bond acceptors (Lipinski definition) is 4. The highest BCUT2D eigenvalue weighted by molar-refractivity contribution is 9.10. The van der Waals surface area contributed by atoms with Crippen LogP contribution in [-0.4, -0.2) is 49.7 Å². The summed E-state index contributed by atoms with van der Waals surface area (Å²) in [6.45, 7) is 6.20. The Morgan fingerprint density at radius 1 is 1.50 bits per heavy atom. The summed E-state index contributed by atoms with van der Waals surface area (Å²) in [7, 11) is 0. The topological polar surface area (TPSA) is 67.6 Å². The Morgan fingerprint density at radius 2 is 2.20 bits per heavy atom. The molecule has 5 nitrogen and oxygen atoms in total. The number of benzene rings is 1. The van der Waals surface area contributed by atoms with E-state index in [2.05, 4.69) is 26.1 Å². The fourth-order valence-electron chi connectivity index (χ4n) is 2.24. The third-order valence-electron chi connectivity index (χ3n) is 3.29. The molecule has 0 saturated carbocycles. The molecule has 2 rings (SSSR count). The largest absolute Gasteiger partial charge is 0.398 e. The Labute approximate surface area is 127 Å². The second-order valence-corrected chi connectivity index (χ2v) is 5.79. The van der Waals surface area contributed by atoms with E-state index in [0.717, 1.165) is 32.8 Å². The number of nitrogens with one attached hydrogen (secondary N) is 1. The zero-order valence-electron chi connectivity index (χ0n) is 11.6. The summed E-state index contributed by atoms with van der Waals surface area (Å²) < 4.78 is 5.96. The van der Waals surface area contributed by atoms with Crippen molar-refractivity contribution < 1.29 is 9.53 Å². The minimum Gasteiger partial charge on any atom is -0.398 e. The average Bonchev–Trinajstić information content (AvgIpc) is 2.42. The van der Waals surface area contributed by atoms with Gasteiger partial charge in [-0.2, -0.15) is 0 Å². The van der Waals surface area contributed by atoms with Gasteiger partial charge in [-0.3, -0.25) is 9.69 Å². The number of rotatable bonds is 4. The molecule has 1 amide bonds. The van der Waals surface area contributed by atoms with Crippen LogP contribution in [0.1, 0.15) is 17.3 Å². The van der Waals surface area contributed by atoms with Crippen LogP contribution in [0.5, 0.6) is 0 Å². The van der Waals surface area contributed by atoms with E-state index in [0.29, 0.717) is 15.7 Å². The molecule has 0 aliphatic carbocycles. The number of carbonyl (C=O) groups is 1. The van der Waals surface area contributed by atoms with E-state index < -0.39 is 0 Å². The van der Waals surface area contributed by atoms with E-state index >= 15 is 0 Å². The Balaban J connectivity index is 1.91. The van der Waals surface area contributed by atoms with E-state index in [4.69, 9.17) is 10.5 Å². The van der Waals surface area contributed by atoms with E-state index in [-0.39, 0.29) is 11.9 Å². The summed E-state index contributed by atoms with van der Waals surface area (Å²) >= 11 is 3.36. The molecule has 20 heavy (non-hydrogen) atoms. The minimum absolute atomic E-state index is 0.0777. The maximum absolute atomic E-state index is 12.2. The van der Waals surface area contributed by atoms with Gasteiger partial charge in [-0.15, -0.1) is 0 Å². The monoisotopic (exact) mass is 341 g/mol. The minimum atomic E-state index is -0.107. The second-order valence-electron chi connectivity index (χ2n) is 5.00. The number of nitrogens with zero attached hydrogens (tertiary/aromatic N) is 1. The first-order valence-electron chi connectivity index (χ1n) is 6.73. The lowest BCUT2D eigenvalue weighted by Gasteiger charge is -2.29. The molecule has 6 heteroatoms. The average molecular weight is 342 g/mol. The van der Waals surface area contributed by atoms with Gasteiger partial charge in [0.2, 0.25) is 0 Å². The number of nitrogen functional groups attached to an aromatic ring is 1. The maximum Gasteiger partial charge on any atom is 0.252 e. The third-order valence-corrected chi connectivity index (χ3v) is 4.17. The van der Waals surface area contributed by atoms with Gasteiger partial charge in [-0.25, -0.2) is 0 Å². The van der Waals surface area contributed by atoms with Crippen molar-refractivity contribution in [3.05, 3.63) is 28.2 Å². The van der Waals surface area contributed by atoms with E-state index in [1.807, 2.05) is 6.92 Å². The van der Waals surface area contributed by atoms with Crippen LogP contribution in [-0.2, 0) is 4.74 Å². The van der Waals surface area contributed by atoms with Gasteiger partial charge in [0.25, 0.3) is 5.91 Å². The van der Waals surface area contributed by atoms with E-state index in [1.165, 1.54) is 0 Å².